The average molecular weight is 354 g/mol. The number of benzene rings is 1. The number of hydrogen-bond donors (Lipinski definition) is 0. The summed E-state index contributed by atoms with van der Waals surface area (Å²) >= 11 is 0. The molecule has 0 N–H and O–H groups in total. The average Bonchev–Trinajstić information content (AvgIpc) is 2.57. The molecule has 9 heteroatoms. The molecule has 0 saturated carbocycles. The van der Waals surface area contributed by atoms with E-state index < -0.39 is 52.2 Å². The number of hydrogen-bond acceptors (Lipinski definition) is 4. The van der Waals surface area contributed by atoms with Crippen molar-refractivity contribution in [3.8, 4) is 5.75 Å². The maximum absolute atomic E-state index is 13.6. The third kappa shape index (κ3) is 3.20. The Balaban J connectivity index is 3.34. The summed E-state index contributed by atoms with van der Waals surface area (Å²) in [5.74, 6) is -15.7. The number of esters is 2. The van der Waals surface area contributed by atoms with E-state index >= 15 is 0 Å². The molecule has 0 saturated heterocycles. The number of rotatable bonds is 6. The minimum absolute atomic E-state index is 0.0730. The molecular formula is C15H15F5O4. The van der Waals surface area contributed by atoms with Gasteiger partial charge in [0.1, 0.15) is 0 Å². The monoisotopic (exact) mass is 354 g/mol. The van der Waals surface area contributed by atoms with Crippen molar-refractivity contribution in [2.75, 3.05) is 6.61 Å². The second kappa shape index (κ2) is 7.59. The number of carbonyl (C=O) groups excluding carboxylic acids is 2. The molecule has 0 fully saturated rings. The van der Waals surface area contributed by atoms with Gasteiger partial charge in [0, 0.05) is 0 Å². The van der Waals surface area contributed by atoms with Crippen molar-refractivity contribution in [1.29, 1.82) is 0 Å². The van der Waals surface area contributed by atoms with Crippen molar-refractivity contribution in [2.24, 2.45) is 5.41 Å². The van der Waals surface area contributed by atoms with Crippen LogP contribution in [0.2, 0.25) is 0 Å². The fourth-order valence-electron chi connectivity index (χ4n) is 2.04. The topological polar surface area (TPSA) is 52.6 Å². The van der Waals surface area contributed by atoms with E-state index in [1.165, 1.54) is 20.8 Å². The lowest BCUT2D eigenvalue weighted by molar-refractivity contribution is -0.168. The maximum Gasteiger partial charge on any atom is 0.329 e. The van der Waals surface area contributed by atoms with Gasteiger partial charge < -0.3 is 9.47 Å². The summed E-state index contributed by atoms with van der Waals surface area (Å²) in [5, 5.41) is 0. The summed E-state index contributed by atoms with van der Waals surface area (Å²) in [4.78, 5) is 24.2. The van der Waals surface area contributed by atoms with Crippen LogP contribution in [0.1, 0.15) is 33.6 Å². The number of ether oxygens (including phenoxy) is 2. The van der Waals surface area contributed by atoms with E-state index in [0.29, 0.717) is 0 Å². The summed E-state index contributed by atoms with van der Waals surface area (Å²) in [6.45, 7) is 4.24. The fourth-order valence-corrected chi connectivity index (χ4v) is 2.04. The Morgan fingerprint density at radius 1 is 0.792 bits per heavy atom. The van der Waals surface area contributed by atoms with Crippen LogP contribution >= 0.6 is 0 Å². The van der Waals surface area contributed by atoms with Gasteiger partial charge in [0.15, 0.2) is 5.41 Å². The normalized spacial score (nSPS) is 11.3. The molecule has 0 aliphatic carbocycles. The first-order valence-corrected chi connectivity index (χ1v) is 7.08. The highest BCUT2D eigenvalue weighted by Gasteiger charge is 2.47. The van der Waals surface area contributed by atoms with Crippen LogP contribution in [0.15, 0.2) is 0 Å². The minimum atomic E-state index is -2.38. The van der Waals surface area contributed by atoms with Crippen LogP contribution in [-0.4, -0.2) is 18.5 Å². The van der Waals surface area contributed by atoms with Crippen LogP contribution in [0, 0.1) is 34.5 Å². The van der Waals surface area contributed by atoms with Gasteiger partial charge in [0.2, 0.25) is 34.8 Å². The molecule has 0 aliphatic rings. The Morgan fingerprint density at radius 3 is 1.58 bits per heavy atom. The molecule has 0 radical (unpaired) electrons. The van der Waals surface area contributed by atoms with Crippen LogP contribution in [-0.2, 0) is 14.3 Å². The van der Waals surface area contributed by atoms with Crippen LogP contribution < -0.4 is 4.74 Å². The Bertz CT molecular complexity index is 627. The summed E-state index contributed by atoms with van der Waals surface area (Å²) in [7, 11) is 0. The molecule has 0 atom stereocenters. The van der Waals surface area contributed by atoms with Gasteiger partial charge in [-0.3, -0.25) is 9.59 Å². The van der Waals surface area contributed by atoms with Crippen molar-refractivity contribution in [1.82, 2.24) is 0 Å². The van der Waals surface area contributed by atoms with Crippen molar-refractivity contribution in [3.63, 3.8) is 0 Å². The van der Waals surface area contributed by atoms with Gasteiger partial charge in [-0.2, -0.15) is 8.78 Å². The fraction of sp³-hybridized carbons (Fsp3) is 0.467. The SMILES string of the molecule is CCOC(=O)C(CC)(CC)C(=O)Oc1c(F)c(F)c(F)c(F)c1F. The van der Waals surface area contributed by atoms with Gasteiger partial charge >= 0.3 is 11.9 Å². The van der Waals surface area contributed by atoms with Crippen LogP contribution in [0.4, 0.5) is 22.0 Å². The molecule has 0 aliphatic heterocycles. The standard InChI is InChI=1S/C15H15F5O4/c1-4-15(5-2,13(21)23-6-3)14(22)24-12-10(19)8(17)7(16)9(18)11(12)20/h4-6H2,1-3H3. The lowest BCUT2D eigenvalue weighted by Gasteiger charge is -2.26. The molecule has 24 heavy (non-hydrogen) atoms. The zero-order valence-electron chi connectivity index (χ0n) is 13.1. The second-order valence-corrected chi connectivity index (χ2v) is 4.80. The molecule has 0 amide bonds. The molecule has 134 valence electrons. The molecule has 0 bridgehead atoms. The van der Waals surface area contributed by atoms with E-state index in [-0.39, 0.29) is 19.4 Å². The molecule has 1 aromatic carbocycles. The van der Waals surface area contributed by atoms with Gasteiger partial charge in [0.25, 0.3) is 0 Å². The van der Waals surface area contributed by atoms with Crippen molar-refractivity contribution in [3.05, 3.63) is 29.1 Å². The smallest absolute Gasteiger partial charge is 0.329 e. The van der Waals surface area contributed by atoms with E-state index in [1.807, 2.05) is 0 Å². The highest BCUT2D eigenvalue weighted by Crippen LogP contribution is 2.34. The Hall–Kier alpha value is -2.19. The van der Waals surface area contributed by atoms with Crippen molar-refractivity contribution in [2.45, 2.75) is 33.6 Å². The van der Waals surface area contributed by atoms with E-state index in [1.54, 1.807) is 0 Å². The lowest BCUT2D eigenvalue weighted by Crippen LogP contribution is -2.42. The summed E-state index contributed by atoms with van der Waals surface area (Å²) < 4.78 is 75.6. The van der Waals surface area contributed by atoms with E-state index in [4.69, 9.17) is 4.74 Å². The summed E-state index contributed by atoms with van der Waals surface area (Å²) in [6.07, 6.45) is -0.312. The molecule has 4 nitrogen and oxygen atoms in total. The quantitative estimate of drug-likeness (QED) is 0.195. The second-order valence-electron chi connectivity index (χ2n) is 4.80. The van der Waals surface area contributed by atoms with Crippen molar-refractivity contribution < 1.29 is 41.0 Å². The lowest BCUT2D eigenvalue weighted by atomic mass is 9.82. The predicted octanol–water partition coefficient (Wildman–Crippen LogP) is 3.66. The zero-order valence-corrected chi connectivity index (χ0v) is 13.1. The Morgan fingerprint density at radius 2 is 1.21 bits per heavy atom. The van der Waals surface area contributed by atoms with E-state index in [9.17, 15) is 31.5 Å². The molecule has 1 rings (SSSR count). The first kappa shape index (κ1) is 19.9. The molecule has 0 heterocycles. The first-order valence-electron chi connectivity index (χ1n) is 7.08. The van der Waals surface area contributed by atoms with Gasteiger partial charge in [0.05, 0.1) is 6.61 Å². The predicted molar refractivity (Wildman–Crippen MR) is 71.5 cm³/mol. The minimum Gasteiger partial charge on any atom is -0.465 e. The Kier molecular flexibility index (Phi) is 6.28. The molecule has 0 unspecified atom stereocenters. The third-order valence-electron chi connectivity index (χ3n) is 3.63. The van der Waals surface area contributed by atoms with Crippen molar-refractivity contribution >= 4 is 11.9 Å². The van der Waals surface area contributed by atoms with Gasteiger partial charge in [-0.1, -0.05) is 13.8 Å². The van der Waals surface area contributed by atoms with E-state index in [2.05, 4.69) is 4.74 Å². The first-order chi connectivity index (χ1) is 11.2. The third-order valence-corrected chi connectivity index (χ3v) is 3.63. The zero-order chi connectivity index (χ0) is 18.7. The van der Waals surface area contributed by atoms with E-state index in [0.717, 1.165) is 0 Å². The molecule has 1 aromatic rings. The van der Waals surface area contributed by atoms with Crippen LogP contribution in [0.5, 0.6) is 5.75 Å². The summed E-state index contributed by atoms with van der Waals surface area (Å²) in [6, 6.07) is 0. The highest BCUT2D eigenvalue weighted by molar-refractivity contribution is 6.00. The van der Waals surface area contributed by atoms with Gasteiger partial charge in [-0.25, -0.2) is 13.2 Å². The van der Waals surface area contributed by atoms with Crippen LogP contribution in [0.25, 0.3) is 0 Å². The maximum atomic E-state index is 13.6. The highest BCUT2D eigenvalue weighted by atomic mass is 19.2. The number of carbonyl (C=O) groups is 2. The number of halogens is 5. The molecular weight excluding hydrogens is 339 g/mol. The van der Waals surface area contributed by atoms with Gasteiger partial charge in [-0.05, 0) is 19.8 Å². The van der Waals surface area contributed by atoms with Crippen LogP contribution in [0.3, 0.4) is 0 Å². The molecule has 0 spiro atoms. The largest absolute Gasteiger partial charge is 0.465 e. The van der Waals surface area contributed by atoms with Gasteiger partial charge in [-0.15, -0.1) is 0 Å². The molecule has 0 aromatic heterocycles. The summed E-state index contributed by atoms with van der Waals surface area (Å²) in [5.41, 5.74) is -1.92. The Labute approximate surface area is 134 Å².